The van der Waals surface area contributed by atoms with Crippen LogP contribution in [0.1, 0.15) is 24.1 Å². The predicted molar refractivity (Wildman–Crippen MR) is 57.3 cm³/mol. The average Bonchev–Trinajstić information content (AvgIpc) is 2.85. The van der Waals surface area contributed by atoms with E-state index in [4.69, 9.17) is 4.52 Å². The molecule has 1 aliphatic rings. The lowest BCUT2D eigenvalue weighted by Gasteiger charge is -2.17. The lowest BCUT2D eigenvalue weighted by molar-refractivity contribution is -0.162. The van der Waals surface area contributed by atoms with Gasteiger partial charge in [-0.1, -0.05) is 5.16 Å². The zero-order chi connectivity index (χ0) is 12.1. The normalized spacial score (nSPS) is 19.8. The fourth-order valence-corrected chi connectivity index (χ4v) is 2.95. The van der Waals surface area contributed by atoms with Crippen molar-refractivity contribution in [1.82, 2.24) is 5.16 Å². The second-order valence-electron chi connectivity index (χ2n) is 4.44. The summed E-state index contributed by atoms with van der Waals surface area (Å²) in [7, 11) is -0.547. The maximum atomic E-state index is 12.9. The van der Waals surface area contributed by atoms with E-state index in [2.05, 4.69) is 5.16 Å². The minimum atomic E-state index is -4.21. The summed E-state index contributed by atoms with van der Waals surface area (Å²) in [6.07, 6.45) is -0.0565. The summed E-state index contributed by atoms with van der Waals surface area (Å²) in [5, 5.41) is 4.28. The van der Waals surface area contributed by atoms with E-state index in [0.29, 0.717) is 10.7 Å². The first-order valence-electron chi connectivity index (χ1n) is 5.00. The third-order valence-electron chi connectivity index (χ3n) is 3.05. The van der Waals surface area contributed by atoms with Crippen molar-refractivity contribution in [3.05, 3.63) is 11.3 Å². The van der Waals surface area contributed by atoms with Gasteiger partial charge in [0.15, 0.2) is 5.09 Å². The van der Waals surface area contributed by atoms with Crippen LogP contribution >= 0.6 is 10.9 Å². The van der Waals surface area contributed by atoms with E-state index < -0.39 is 22.5 Å². The molecule has 1 aromatic heterocycles. The Kier molecular flexibility index (Phi) is 2.53. The fourth-order valence-electron chi connectivity index (χ4n) is 1.97. The van der Waals surface area contributed by atoms with Gasteiger partial charge in [0.1, 0.15) is 11.1 Å². The summed E-state index contributed by atoms with van der Waals surface area (Å²) in [4.78, 5) is 0. The molecule has 0 atom stereocenters. The molecule has 0 unspecified atom stereocenters. The van der Waals surface area contributed by atoms with Crippen LogP contribution in [0.4, 0.5) is 13.2 Å². The Morgan fingerprint density at radius 1 is 1.31 bits per heavy atom. The summed E-state index contributed by atoms with van der Waals surface area (Å²) < 4.78 is 43.7. The van der Waals surface area contributed by atoms with Gasteiger partial charge in [-0.15, -0.1) is 0 Å². The highest BCUT2D eigenvalue weighted by atomic mass is 32.2. The highest BCUT2D eigenvalue weighted by molar-refractivity contribution is 8.15. The van der Waals surface area contributed by atoms with Crippen LogP contribution in [-0.4, -0.2) is 23.8 Å². The van der Waals surface area contributed by atoms with E-state index >= 15 is 0 Å². The van der Waals surface area contributed by atoms with E-state index in [1.165, 1.54) is 0 Å². The van der Waals surface area contributed by atoms with Gasteiger partial charge in [-0.05, 0) is 32.3 Å². The van der Waals surface area contributed by atoms with Gasteiger partial charge in [0.05, 0.1) is 0 Å². The fraction of sp³-hybridized carbons (Fsp3) is 0.700. The Labute approximate surface area is 94.5 Å². The molecule has 1 aromatic rings. The number of halogens is 3. The molecule has 16 heavy (non-hydrogen) atoms. The molecule has 1 fully saturated rings. The molecule has 2 rings (SSSR count). The highest BCUT2D eigenvalue weighted by Crippen LogP contribution is 2.59. The zero-order valence-electron chi connectivity index (χ0n) is 9.35. The standard InChI is InChI=1S/C10H14F3NOS/c1-6-7(14-15-8(6)16(2)3)9(4-5-9)10(11,12)13/h16H,4-5H2,1-3H3. The predicted octanol–water partition coefficient (Wildman–Crippen LogP) is 3.20. The van der Waals surface area contributed by atoms with Gasteiger partial charge < -0.3 is 4.52 Å². The summed E-state index contributed by atoms with van der Waals surface area (Å²) in [6, 6.07) is 0. The molecule has 1 aliphatic carbocycles. The van der Waals surface area contributed by atoms with E-state index in [9.17, 15) is 13.2 Å². The van der Waals surface area contributed by atoms with Crippen molar-refractivity contribution in [2.75, 3.05) is 12.5 Å². The molecule has 0 aromatic carbocycles. The van der Waals surface area contributed by atoms with E-state index in [-0.39, 0.29) is 18.5 Å². The molecule has 1 saturated carbocycles. The number of hydrogen-bond acceptors (Lipinski definition) is 2. The molecule has 2 nitrogen and oxygen atoms in total. The van der Waals surface area contributed by atoms with Crippen molar-refractivity contribution in [3.63, 3.8) is 0 Å². The lowest BCUT2D eigenvalue weighted by Crippen LogP contribution is -2.29. The van der Waals surface area contributed by atoms with Crippen LogP contribution in [0.5, 0.6) is 0 Å². The van der Waals surface area contributed by atoms with Crippen molar-refractivity contribution in [2.45, 2.75) is 36.4 Å². The van der Waals surface area contributed by atoms with E-state index in [1.807, 2.05) is 12.5 Å². The number of rotatable bonds is 2. The Balaban J connectivity index is 2.43. The van der Waals surface area contributed by atoms with Crippen LogP contribution in [0.3, 0.4) is 0 Å². The largest absolute Gasteiger partial charge is 0.400 e. The summed E-state index contributed by atoms with van der Waals surface area (Å²) >= 11 is 0. The van der Waals surface area contributed by atoms with Crippen LogP contribution in [0.15, 0.2) is 9.62 Å². The monoisotopic (exact) mass is 253 g/mol. The topological polar surface area (TPSA) is 26.0 Å². The molecular formula is C10H14F3NOS. The number of hydrogen-bond donors (Lipinski definition) is 1. The Morgan fingerprint density at radius 3 is 2.19 bits per heavy atom. The number of alkyl halides is 3. The third kappa shape index (κ3) is 1.54. The van der Waals surface area contributed by atoms with E-state index in [1.54, 1.807) is 6.92 Å². The second kappa shape index (κ2) is 3.42. The first kappa shape index (κ1) is 11.8. The molecule has 0 amide bonds. The van der Waals surface area contributed by atoms with Crippen molar-refractivity contribution in [2.24, 2.45) is 0 Å². The molecule has 0 radical (unpaired) electrons. The Hall–Kier alpha value is -0.650. The SMILES string of the molecule is Cc1c(C2(C(F)(F)F)CC2)noc1[SH](C)C. The van der Waals surface area contributed by atoms with E-state index in [0.717, 1.165) is 0 Å². The van der Waals surface area contributed by atoms with Crippen molar-refractivity contribution >= 4 is 10.9 Å². The maximum Gasteiger partial charge on any atom is 0.400 e. The Morgan fingerprint density at radius 2 is 1.88 bits per heavy atom. The molecule has 92 valence electrons. The van der Waals surface area contributed by atoms with Gasteiger partial charge in [-0.2, -0.15) is 24.1 Å². The Bertz CT molecular complexity index is 407. The van der Waals surface area contributed by atoms with Crippen LogP contribution in [0, 0.1) is 6.92 Å². The number of thiol groups is 1. The molecule has 0 spiro atoms. The quantitative estimate of drug-likeness (QED) is 0.819. The first-order valence-corrected chi connectivity index (χ1v) is 7.24. The van der Waals surface area contributed by atoms with Crippen LogP contribution < -0.4 is 0 Å². The molecule has 1 heterocycles. The summed E-state index contributed by atoms with van der Waals surface area (Å²) in [5.74, 6) is 0. The van der Waals surface area contributed by atoms with Crippen molar-refractivity contribution < 1.29 is 17.7 Å². The van der Waals surface area contributed by atoms with Crippen LogP contribution in [0.2, 0.25) is 0 Å². The first-order chi connectivity index (χ1) is 7.29. The minimum absolute atomic E-state index is 0.103. The second-order valence-corrected chi connectivity index (χ2v) is 6.63. The molecule has 0 N–H and O–H groups in total. The maximum absolute atomic E-state index is 12.9. The zero-order valence-corrected chi connectivity index (χ0v) is 10.2. The summed E-state index contributed by atoms with van der Waals surface area (Å²) in [6.45, 7) is 1.68. The van der Waals surface area contributed by atoms with Crippen LogP contribution in [-0.2, 0) is 5.41 Å². The molecule has 0 aliphatic heterocycles. The van der Waals surface area contributed by atoms with Crippen molar-refractivity contribution in [1.29, 1.82) is 0 Å². The smallest absolute Gasteiger partial charge is 0.351 e. The van der Waals surface area contributed by atoms with Gasteiger partial charge in [0.2, 0.25) is 0 Å². The molecule has 0 bridgehead atoms. The highest BCUT2D eigenvalue weighted by Gasteiger charge is 2.66. The minimum Gasteiger partial charge on any atom is -0.351 e. The van der Waals surface area contributed by atoms with Gasteiger partial charge >= 0.3 is 6.18 Å². The lowest BCUT2D eigenvalue weighted by atomic mass is 9.99. The van der Waals surface area contributed by atoms with Crippen LogP contribution in [0.25, 0.3) is 0 Å². The number of nitrogens with zero attached hydrogens (tertiary/aromatic N) is 1. The molecular weight excluding hydrogens is 239 g/mol. The van der Waals surface area contributed by atoms with Crippen molar-refractivity contribution in [3.8, 4) is 0 Å². The molecule has 6 heteroatoms. The third-order valence-corrected chi connectivity index (χ3v) is 4.28. The van der Waals surface area contributed by atoms with Gasteiger partial charge in [0, 0.05) is 5.56 Å². The summed E-state index contributed by atoms with van der Waals surface area (Å²) in [5.41, 5.74) is -1.03. The average molecular weight is 253 g/mol. The molecule has 0 saturated heterocycles. The number of aromatic nitrogens is 1. The van der Waals surface area contributed by atoms with Gasteiger partial charge in [-0.3, -0.25) is 0 Å². The van der Waals surface area contributed by atoms with Gasteiger partial charge in [-0.25, -0.2) is 0 Å². The van der Waals surface area contributed by atoms with Gasteiger partial charge in [0.25, 0.3) is 0 Å².